The standard InChI is InChI=1S/C48H38N4/c49-30-32-13-15-35(16-14-32)36-17-21-40(22-18-36)47-26-33-25-34(27-47)29-48(28-33,31-47)41-23-19-39(20-24-41)45-50-44(38-8-2-1-3-9-38)51-46(52-45)43-12-6-10-37-7-4-5-11-42(37)43/h1-24,33-34H,25-29,31H2. The van der Waals surface area contributed by atoms with Crippen LogP contribution in [0.15, 0.2) is 146 Å². The molecular weight excluding hydrogens is 633 g/mol. The van der Waals surface area contributed by atoms with Gasteiger partial charge in [0.15, 0.2) is 17.5 Å². The molecule has 2 unspecified atom stereocenters. The number of nitriles is 1. The van der Waals surface area contributed by atoms with E-state index in [2.05, 4.69) is 121 Å². The lowest BCUT2D eigenvalue weighted by molar-refractivity contribution is -0.0281. The van der Waals surface area contributed by atoms with Gasteiger partial charge in [-0.2, -0.15) is 5.26 Å². The van der Waals surface area contributed by atoms with Crippen molar-refractivity contribution in [2.24, 2.45) is 11.8 Å². The molecule has 0 N–H and O–H groups in total. The second-order valence-corrected chi connectivity index (χ2v) is 15.6. The molecular formula is C48H38N4. The molecule has 7 aromatic rings. The van der Waals surface area contributed by atoms with E-state index in [4.69, 9.17) is 15.0 Å². The van der Waals surface area contributed by atoms with Crippen molar-refractivity contribution in [3.05, 3.63) is 162 Å². The number of aromatic nitrogens is 3. The number of hydrogen-bond donors (Lipinski definition) is 0. The second kappa shape index (κ2) is 12.1. The van der Waals surface area contributed by atoms with Crippen LogP contribution in [0.4, 0.5) is 0 Å². The van der Waals surface area contributed by atoms with Crippen molar-refractivity contribution in [2.45, 2.75) is 49.4 Å². The quantitative estimate of drug-likeness (QED) is 0.177. The van der Waals surface area contributed by atoms with Crippen LogP contribution in [0, 0.1) is 23.2 Å². The Morgan fingerprint density at radius 1 is 0.481 bits per heavy atom. The van der Waals surface area contributed by atoms with Crippen molar-refractivity contribution >= 4 is 10.8 Å². The highest BCUT2D eigenvalue weighted by atomic mass is 15.0. The molecule has 0 aliphatic heterocycles. The second-order valence-electron chi connectivity index (χ2n) is 15.6. The Morgan fingerprint density at radius 3 is 1.60 bits per heavy atom. The average Bonchev–Trinajstić information content (AvgIpc) is 3.20. The van der Waals surface area contributed by atoms with Gasteiger partial charge in [-0.1, -0.05) is 133 Å². The van der Waals surface area contributed by atoms with Gasteiger partial charge in [-0.15, -0.1) is 0 Å². The van der Waals surface area contributed by atoms with E-state index in [1.54, 1.807) is 0 Å². The fraction of sp³-hybridized carbons (Fsp3) is 0.208. The van der Waals surface area contributed by atoms with E-state index in [1.807, 2.05) is 30.3 Å². The van der Waals surface area contributed by atoms with Crippen LogP contribution < -0.4 is 0 Å². The van der Waals surface area contributed by atoms with Gasteiger partial charge >= 0.3 is 0 Å². The topological polar surface area (TPSA) is 62.5 Å². The Labute approximate surface area is 304 Å². The van der Waals surface area contributed by atoms with Crippen LogP contribution in [-0.4, -0.2) is 15.0 Å². The van der Waals surface area contributed by atoms with Crippen LogP contribution in [0.5, 0.6) is 0 Å². The molecule has 1 aromatic heterocycles. The zero-order chi connectivity index (χ0) is 34.7. The van der Waals surface area contributed by atoms with E-state index >= 15 is 0 Å². The van der Waals surface area contributed by atoms with Crippen LogP contribution in [-0.2, 0) is 10.8 Å². The molecule has 6 aromatic carbocycles. The van der Waals surface area contributed by atoms with Crippen LogP contribution >= 0.6 is 0 Å². The molecule has 250 valence electrons. The third-order valence-corrected chi connectivity index (χ3v) is 12.4. The molecule has 52 heavy (non-hydrogen) atoms. The summed E-state index contributed by atoms with van der Waals surface area (Å²) in [7, 11) is 0. The van der Waals surface area contributed by atoms with Gasteiger partial charge in [-0.3, -0.25) is 0 Å². The van der Waals surface area contributed by atoms with Crippen molar-refractivity contribution in [2.75, 3.05) is 0 Å². The Balaban J connectivity index is 0.994. The van der Waals surface area contributed by atoms with Gasteiger partial charge in [0.05, 0.1) is 11.6 Å². The van der Waals surface area contributed by atoms with Crippen molar-refractivity contribution < 1.29 is 0 Å². The lowest BCUT2D eigenvalue weighted by Gasteiger charge is -2.63. The minimum Gasteiger partial charge on any atom is -0.208 e. The smallest absolute Gasteiger partial charge is 0.164 e. The molecule has 0 saturated heterocycles. The highest BCUT2D eigenvalue weighted by molar-refractivity contribution is 5.95. The Bertz CT molecular complexity index is 2460. The monoisotopic (exact) mass is 670 g/mol. The number of nitrogens with zero attached hydrogens (tertiary/aromatic N) is 4. The summed E-state index contributed by atoms with van der Waals surface area (Å²) in [6, 6.07) is 53.8. The minimum absolute atomic E-state index is 0.191. The third-order valence-electron chi connectivity index (χ3n) is 12.4. The molecule has 0 spiro atoms. The molecule has 4 nitrogen and oxygen atoms in total. The first-order valence-corrected chi connectivity index (χ1v) is 18.6. The Hall–Kier alpha value is -5.92. The normalized spacial score (nSPS) is 23.1. The van der Waals surface area contributed by atoms with E-state index in [0.29, 0.717) is 23.0 Å². The summed E-state index contributed by atoms with van der Waals surface area (Å²) in [5, 5.41) is 11.5. The fourth-order valence-corrected chi connectivity index (χ4v) is 10.4. The first-order valence-electron chi connectivity index (χ1n) is 18.6. The summed E-state index contributed by atoms with van der Waals surface area (Å²) in [4.78, 5) is 15.2. The Morgan fingerprint density at radius 2 is 0.981 bits per heavy atom. The largest absolute Gasteiger partial charge is 0.208 e. The first-order chi connectivity index (χ1) is 25.6. The molecule has 1 heterocycles. The average molecular weight is 671 g/mol. The number of benzene rings is 6. The molecule has 4 aliphatic carbocycles. The summed E-state index contributed by atoms with van der Waals surface area (Å²) >= 11 is 0. The number of fused-ring (bicyclic) bond motifs is 1. The highest BCUT2D eigenvalue weighted by Crippen LogP contribution is 2.66. The van der Waals surface area contributed by atoms with Crippen molar-refractivity contribution in [3.8, 4) is 51.4 Å². The summed E-state index contributed by atoms with van der Waals surface area (Å²) in [5.74, 6) is 3.61. The van der Waals surface area contributed by atoms with Crippen LogP contribution in [0.3, 0.4) is 0 Å². The number of rotatable bonds is 6. The maximum atomic E-state index is 9.23. The van der Waals surface area contributed by atoms with E-state index in [0.717, 1.165) is 39.5 Å². The van der Waals surface area contributed by atoms with Crippen molar-refractivity contribution in [1.82, 2.24) is 15.0 Å². The molecule has 4 bridgehead atoms. The predicted molar refractivity (Wildman–Crippen MR) is 208 cm³/mol. The van der Waals surface area contributed by atoms with Gasteiger partial charge in [0.1, 0.15) is 0 Å². The molecule has 4 saturated carbocycles. The maximum absolute atomic E-state index is 9.23. The summed E-state index contributed by atoms with van der Waals surface area (Å²) in [6.07, 6.45) is 7.73. The molecule has 4 heteroatoms. The zero-order valence-corrected chi connectivity index (χ0v) is 29.0. The predicted octanol–water partition coefficient (Wildman–Crippen LogP) is 11.4. The molecule has 4 fully saturated rings. The first kappa shape index (κ1) is 30.9. The summed E-state index contributed by atoms with van der Waals surface area (Å²) in [6.45, 7) is 0. The van der Waals surface area contributed by atoms with Gasteiger partial charge in [0, 0.05) is 16.7 Å². The van der Waals surface area contributed by atoms with E-state index < -0.39 is 0 Å². The molecule has 2 atom stereocenters. The van der Waals surface area contributed by atoms with E-state index in [9.17, 15) is 5.26 Å². The van der Waals surface area contributed by atoms with Crippen molar-refractivity contribution in [1.29, 1.82) is 5.26 Å². The van der Waals surface area contributed by atoms with Crippen LogP contribution in [0.25, 0.3) is 56.1 Å². The fourth-order valence-electron chi connectivity index (χ4n) is 10.4. The Kier molecular flexibility index (Phi) is 7.18. The van der Waals surface area contributed by atoms with Crippen molar-refractivity contribution in [3.63, 3.8) is 0 Å². The molecule has 0 radical (unpaired) electrons. The highest BCUT2D eigenvalue weighted by Gasteiger charge is 2.58. The molecule has 11 rings (SSSR count). The van der Waals surface area contributed by atoms with Gasteiger partial charge in [-0.05, 0) is 106 Å². The van der Waals surface area contributed by atoms with Gasteiger partial charge in [0.25, 0.3) is 0 Å². The van der Waals surface area contributed by atoms with Gasteiger partial charge < -0.3 is 0 Å². The molecule has 4 aliphatic rings. The summed E-state index contributed by atoms with van der Waals surface area (Å²) < 4.78 is 0. The van der Waals surface area contributed by atoms with Crippen LogP contribution in [0.1, 0.15) is 55.2 Å². The SMILES string of the molecule is N#Cc1ccc(-c2ccc(C34CC5CC(C3)CC(c3ccc(-c6nc(-c7ccccc7)nc(-c7cccc8ccccc78)n6)cc3)(C5)C4)cc2)cc1. The molecule has 0 amide bonds. The maximum Gasteiger partial charge on any atom is 0.164 e. The van der Waals surface area contributed by atoms with Gasteiger partial charge in [0.2, 0.25) is 0 Å². The van der Waals surface area contributed by atoms with Crippen LogP contribution in [0.2, 0.25) is 0 Å². The van der Waals surface area contributed by atoms with E-state index in [-0.39, 0.29) is 10.8 Å². The van der Waals surface area contributed by atoms with E-state index in [1.165, 1.54) is 60.6 Å². The zero-order valence-electron chi connectivity index (χ0n) is 29.0. The third kappa shape index (κ3) is 5.23. The lowest BCUT2D eigenvalue weighted by atomic mass is 9.41. The lowest BCUT2D eigenvalue weighted by Crippen LogP contribution is -2.55. The number of hydrogen-bond acceptors (Lipinski definition) is 4. The minimum atomic E-state index is 0.191. The van der Waals surface area contributed by atoms with Gasteiger partial charge in [-0.25, -0.2) is 15.0 Å². The summed E-state index contributed by atoms with van der Waals surface area (Å²) in [5.41, 5.74) is 9.45.